The number of nitrogens with zero attached hydrogens (tertiary/aromatic N) is 3. The van der Waals surface area contributed by atoms with E-state index in [1.165, 1.54) is 25.1 Å². The zero-order chi connectivity index (χ0) is 11.0. The summed E-state index contributed by atoms with van der Waals surface area (Å²) < 4.78 is 1.76. The van der Waals surface area contributed by atoms with Gasteiger partial charge in [-0.05, 0) is 25.8 Å². The Morgan fingerprint density at radius 1 is 1.53 bits per heavy atom. The lowest BCUT2D eigenvalue weighted by molar-refractivity contribution is 0.319. The number of hydrogen-bond donors (Lipinski definition) is 0. The Kier molecular flexibility index (Phi) is 3.03. The number of aromatic nitrogens is 2. The number of rotatable bonds is 2. The molecular formula is C11H18ClN3. The average Bonchev–Trinajstić information content (AvgIpc) is 2.67. The van der Waals surface area contributed by atoms with Crippen LogP contribution < -0.4 is 0 Å². The van der Waals surface area contributed by atoms with Gasteiger partial charge in [-0.1, -0.05) is 18.5 Å². The van der Waals surface area contributed by atoms with Crippen LogP contribution in [0.4, 0.5) is 0 Å². The minimum absolute atomic E-state index is 0.784. The Bertz CT molecular complexity index is 359. The van der Waals surface area contributed by atoms with Gasteiger partial charge in [-0.15, -0.1) is 0 Å². The van der Waals surface area contributed by atoms with E-state index in [1.54, 1.807) is 4.68 Å². The lowest BCUT2D eigenvalue weighted by atomic mass is 10.2. The van der Waals surface area contributed by atoms with Crippen LogP contribution in [0.5, 0.6) is 0 Å². The maximum absolute atomic E-state index is 6.20. The molecule has 4 heteroatoms. The Morgan fingerprint density at radius 2 is 2.27 bits per heavy atom. The fourth-order valence-electron chi connectivity index (χ4n) is 2.25. The third-order valence-corrected chi connectivity index (χ3v) is 3.63. The van der Waals surface area contributed by atoms with Crippen molar-refractivity contribution in [2.45, 2.75) is 26.8 Å². The molecule has 1 aliphatic rings. The van der Waals surface area contributed by atoms with Crippen molar-refractivity contribution >= 4 is 11.6 Å². The summed E-state index contributed by atoms with van der Waals surface area (Å²) in [5.74, 6) is 0.820. The van der Waals surface area contributed by atoms with Crippen molar-refractivity contribution in [2.75, 3.05) is 13.1 Å². The van der Waals surface area contributed by atoms with E-state index in [4.69, 9.17) is 11.6 Å². The van der Waals surface area contributed by atoms with Crippen LogP contribution in [0.2, 0.25) is 5.15 Å². The molecule has 15 heavy (non-hydrogen) atoms. The van der Waals surface area contributed by atoms with Gasteiger partial charge in [0, 0.05) is 25.7 Å². The number of halogens is 1. The summed E-state index contributed by atoms with van der Waals surface area (Å²) in [5, 5.41) is 5.11. The van der Waals surface area contributed by atoms with Gasteiger partial charge in [-0.2, -0.15) is 5.10 Å². The molecule has 1 aromatic heterocycles. The first-order chi connectivity index (χ1) is 7.08. The fourth-order valence-corrected chi connectivity index (χ4v) is 2.48. The zero-order valence-electron chi connectivity index (χ0n) is 9.63. The van der Waals surface area contributed by atoms with Crippen LogP contribution in [-0.2, 0) is 13.6 Å². The molecule has 84 valence electrons. The lowest BCUT2D eigenvalue weighted by Crippen LogP contribution is -2.20. The van der Waals surface area contributed by atoms with Crippen LogP contribution in [0.25, 0.3) is 0 Å². The van der Waals surface area contributed by atoms with E-state index in [0.29, 0.717) is 0 Å². The zero-order valence-corrected chi connectivity index (χ0v) is 10.4. The van der Waals surface area contributed by atoms with Gasteiger partial charge in [0.05, 0.1) is 5.69 Å². The lowest BCUT2D eigenvalue weighted by Gasteiger charge is -2.14. The largest absolute Gasteiger partial charge is 0.299 e. The molecular weight excluding hydrogens is 210 g/mol. The van der Waals surface area contributed by atoms with Crippen molar-refractivity contribution in [1.82, 2.24) is 14.7 Å². The molecule has 1 aromatic rings. The summed E-state index contributed by atoms with van der Waals surface area (Å²) in [6, 6.07) is 0. The average molecular weight is 228 g/mol. The summed E-state index contributed by atoms with van der Waals surface area (Å²) in [5.41, 5.74) is 2.25. The Hall–Kier alpha value is -0.540. The number of likely N-dealkylation sites (tertiary alicyclic amines) is 1. The van der Waals surface area contributed by atoms with Gasteiger partial charge in [-0.3, -0.25) is 9.58 Å². The van der Waals surface area contributed by atoms with E-state index in [2.05, 4.69) is 16.9 Å². The SMILES string of the molecule is Cc1nn(C)c(Cl)c1CN1CCC(C)C1. The van der Waals surface area contributed by atoms with E-state index in [1.807, 2.05) is 14.0 Å². The third kappa shape index (κ3) is 2.18. The maximum Gasteiger partial charge on any atom is 0.131 e. The molecule has 2 rings (SSSR count). The Morgan fingerprint density at radius 3 is 2.73 bits per heavy atom. The monoisotopic (exact) mass is 227 g/mol. The molecule has 0 N–H and O–H groups in total. The summed E-state index contributed by atoms with van der Waals surface area (Å²) in [6.07, 6.45) is 1.30. The standard InChI is InChI=1S/C11H18ClN3/c1-8-4-5-15(6-8)7-10-9(2)13-14(3)11(10)12/h8H,4-7H2,1-3H3. The fraction of sp³-hybridized carbons (Fsp3) is 0.727. The Labute approximate surface area is 96.0 Å². The van der Waals surface area contributed by atoms with Gasteiger partial charge in [0.25, 0.3) is 0 Å². The maximum atomic E-state index is 6.20. The van der Waals surface area contributed by atoms with Crippen molar-refractivity contribution in [3.63, 3.8) is 0 Å². The number of hydrogen-bond acceptors (Lipinski definition) is 2. The van der Waals surface area contributed by atoms with Crippen molar-refractivity contribution in [3.05, 3.63) is 16.4 Å². The predicted octanol–water partition coefficient (Wildman–Crippen LogP) is 2.22. The van der Waals surface area contributed by atoms with Crippen LogP contribution in [0, 0.1) is 12.8 Å². The smallest absolute Gasteiger partial charge is 0.131 e. The van der Waals surface area contributed by atoms with E-state index >= 15 is 0 Å². The first-order valence-electron chi connectivity index (χ1n) is 5.48. The van der Waals surface area contributed by atoms with Crippen molar-refractivity contribution in [1.29, 1.82) is 0 Å². The van der Waals surface area contributed by atoms with Gasteiger partial charge >= 0.3 is 0 Å². The minimum atomic E-state index is 0.784. The second-order valence-electron chi connectivity index (χ2n) is 4.61. The highest BCUT2D eigenvalue weighted by atomic mass is 35.5. The van der Waals surface area contributed by atoms with Crippen LogP contribution in [0.15, 0.2) is 0 Å². The summed E-state index contributed by atoms with van der Waals surface area (Å²) in [7, 11) is 1.89. The molecule has 1 saturated heterocycles. The van der Waals surface area contributed by atoms with Gasteiger partial charge < -0.3 is 0 Å². The second-order valence-corrected chi connectivity index (χ2v) is 4.97. The van der Waals surface area contributed by atoms with Crippen LogP contribution in [0.1, 0.15) is 24.6 Å². The summed E-state index contributed by atoms with van der Waals surface area (Å²) in [6.45, 7) is 7.65. The summed E-state index contributed by atoms with van der Waals surface area (Å²) in [4.78, 5) is 2.46. The molecule has 2 heterocycles. The molecule has 3 nitrogen and oxygen atoms in total. The normalized spacial score (nSPS) is 22.5. The molecule has 0 aromatic carbocycles. The molecule has 0 aliphatic carbocycles. The van der Waals surface area contributed by atoms with Crippen LogP contribution in [-0.4, -0.2) is 27.8 Å². The highest BCUT2D eigenvalue weighted by molar-refractivity contribution is 6.30. The molecule has 0 spiro atoms. The predicted molar refractivity (Wildman–Crippen MR) is 62.0 cm³/mol. The molecule has 1 atom stereocenters. The molecule has 0 radical (unpaired) electrons. The topological polar surface area (TPSA) is 21.1 Å². The van der Waals surface area contributed by atoms with Gasteiger partial charge in [0.1, 0.15) is 5.15 Å². The molecule has 1 aliphatic heterocycles. The quantitative estimate of drug-likeness (QED) is 0.773. The second kappa shape index (κ2) is 4.14. The molecule has 0 saturated carbocycles. The van der Waals surface area contributed by atoms with Gasteiger partial charge in [0.2, 0.25) is 0 Å². The molecule has 1 fully saturated rings. The highest BCUT2D eigenvalue weighted by Gasteiger charge is 2.21. The van der Waals surface area contributed by atoms with E-state index in [0.717, 1.165) is 23.3 Å². The van der Waals surface area contributed by atoms with Crippen LogP contribution in [0.3, 0.4) is 0 Å². The molecule has 0 amide bonds. The van der Waals surface area contributed by atoms with Crippen molar-refractivity contribution in [2.24, 2.45) is 13.0 Å². The van der Waals surface area contributed by atoms with Crippen molar-refractivity contribution < 1.29 is 0 Å². The Balaban J connectivity index is 2.10. The first-order valence-corrected chi connectivity index (χ1v) is 5.86. The summed E-state index contributed by atoms with van der Waals surface area (Å²) >= 11 is 6.20. The first kappa shape index (κ1) is 11.0. The third-order valence-electron chi connectivity index (χ3n) is 3.16. The van der Waals surface area contributed by atoms with E-state index in [9.17, 15) is 0 Å². The molecule has 1 unspecified atom stereocenters. The highest BCUT2D eigenvalue weighted by Crippen LogP contribution is 2.24. The molecule has 0 bridgehead atoms. The van der Waals surface area contributed by atoms with E-state index < -0.39 is 0 Å². The van der Waals surface area contributed by atoms with Gasteiger partial charge in [0.15, 0.2) is 0 Å². The minimum Gasteiger partial charge on any atom is -0.299 e. The van der Waals surface area contributed by atoms with Gasteiger partial charge in [-0.25, -0.2) is 0 Å². The van der Waals surface area contributed by atoms with E-state index in [-0.39, 0.29) is 0 Å². The number of aryl methyl sites for hydroxylation is 2. The van der Waals surface area contributed by atoms with Crippen LogP contribution >= 0.6 is 11.6 Å². The van der Waals surface area contributed by atoms with Crippen molar-refractivity contribution in [3.8, 4) is 0 Å².